The summed E-state index contributed by atoms with van der Waals surface area (Å²) in [6.45, 7) is 0. The van der Waals surface area contributed by atoms with Crippen molar-refractivity contribution in [1.82, 2.24) is 9.97 Å². The number of aromatic nitrogens is 2. The number of nitrogens with one attached hydrogen (secondary N) is 1. The fourth-order valence-corrected chi connectivity index (χ4v) is 3.65. The summed E-state index contributed by atoms with van der Waals surface area (Å²) < 4.78 is 70.1. The molecule has 0 unspecified atom stereocenters. The van der Waals surface area contributed by atoms with E-state index in [1.807, 2.05) is 5.32 Å². The van der Waals surface area contributed by atoms with Crippen molar-refractivity contribution in [1.29, 1.82) is 0 Å². The largest absolute Gasteiger partial charge is 0.493 e. The van der Waals surface area contributed by atoms with Crippen LogP contribution < -0.4 is 19.5 Å². The Hall–Kier alpha value is -4.45. The average Bonchev–Trinajstić information content (AvgIpc) is 2.88. The number of ketones is 1. The second-order valence-electron chi connectivity index (χ2n) is 7.62. The van der Waals surface area contributed by atoms with E-state index in [1.54, 1.807) is 12.1 Å². The number of Topliss-reactive ketones (excluding diaryl/α,β-unsaturated/α-hetero) is 1. The summed E-state index contributed by atoms with van der Waals surface area (Å²) >= 11 is 5.55. The van der Waals surface area contributed by atoms with Crippen molar-refractivity contribution in [2.24, 2.45) is 0 Å². The maximum Gasteiger partial charge on any atom is 0.417 e. The summed E-state index contributed by atoms with van der Waals surface area (Å²) in [5.74, 6) is -2.98. The molecule has 0 radical (unpaired) electrons. The number of benzene rings is 3. The molecule has 0 spiro atoms. The number of alkyl halides is 3. The van der Waals surface area contributed by atoms with Crippen LogP contribution in [0.25, 0.3) is 10.9 Å². The van der Waals surface area contributed by atoms with Crippen molar-refractivity contribution in [2.75, 3.05) is 19.5 Å². The molecule has 0 fully saturated rings. The van der Waals surface area contributed by atoms with E-state index in [9.17, 15) is 27.2 Å². The molecule has 1 heterocycles. The van der Waals surface area contributed by atoms with Crippen molar-refractivity contribution in [3.8, 4) is 23.1 Å². The highest BCUT2D eigenvalue weighted by atomic mass is 35.5. The monoisotopic (exact) mass is 549 g/mol. The third-order valence-electron chi connectivity index (χ3n) is 5.24. The molecule has 4 aromatic rings. The number of carbonyl (C=O) groups excluding carboxylic acids is 2. The second-order valence-corrected chi connectivity index (χ2v) is 8.03. The molecule has 0 aliphatic carbocycles. The number of halogens is 5. The van der Waals surface area contributed by atoms with Crippen LogP contribution in [0.3, 0.4) is 0 Å². The van der Waals surface area contributed by atoms with Gasteiger partial charge in [-0.25, -0.2) is 14.4 Å². The van der Waals surface area contributed by atoms with Crippen LogP contribution in [-0.4, -0.2) is 35.9 Å². The molecule has 1 aromatic heterocycles. The Balaban J connectivity index is 1.55. The topological polar surface area (TPSA) is 99.6 Å². The van der Waals surface area contributed by atoms with Gasteiger partial charge in [0.15, 0.2) is 11.5 Å². The third kappa shape index (κ3) is 5.44. The van der Waals surface area contributed by atoms with Gasteiger partial charge in [-0.2, -0.15) is 13.2 Å². The summed E-state index contributed by atoms with van der Waals surface area (Å²) in [5.41, 5.74) is -1.72. The zero-order valence-corrected chi connectivity index (χ0v) is 20.3. The van der Waals surface area contributed by atoms with Gasteiger partial charge in [0, 0.05) is 17.8 Å². The van der Waals surface area contributed by atoms with E-state index >= 15 is 0 Å². The number of methoxy groups -OCH3 is 2. The highest BCUT2D eigenvalue weighted by molar-refractivity contribution is 6.46. The van der Waals surface area contributed by atoms with Crippen LogP contribution in [-0.2, 0) is 11.0 Å². The molecule has 4 rings (SSSR count). The summed E-state index contributed by atoms with van der Waals surface area (Å²) in [5, 5.41) is 1.85. The molecule has 38 heavy (non-hydrogen) atoms. The molecule has 1 amide bonds. The normalized spacial score (nSPS) is 11.2. The third-order valence-corrected chi connectivity index (χ3v) is 5.57. The number of amides is 1. The first-order valence-electron chi connectivity index (χ1n) is 10.6. The fraction of sp³-hybridized carbons (Fsp3) is 0.120. The molecule has 0 saturated carbocycles. The predicted molar refractivity (Wildman–Crippen MR) is 129 cm³/mol. The van der Waals surface area contributed by atoms with Crippen LogP contribution in [0.1, 0.15) is 15.9 Å². The van der Waals surface area contributed by atoms with E-state index < -0.39 is 39.8 Å². The molecule has 0 aliphatic heterocycles. The summed E-state index contributed by atoms with van der Waals surface area (Å²) in [6.07, 6.45) is -3.56. The van der Waals surface area contributed by atoms with Crippen LogP contribution in [0.5, 0.6) is 23.1 Å². The molecule has 0 bridgehead atoms. The van der Waals surface area contributed by atoms with E-state index in [2.05, 4.69) is 9.97 Å². The highest BCUT2D eigenvalue weighted by Gasteiger charge is 2.33. The first-order chi connectivity index (χ1) is 18.0. The number of hydrogen-bond donors (Lipinski definition) is 1. The number of hydrogen-bond acceptors (Lipinski definition) is 7. The number of carbonyl (C=O) groups is 2. The predicted octanol–water partition coefficient (Wildman–Crippen LogP) is 6.07. The van der Waals surface area contributed by atoms with Crippen LogP contribution in [0.2, 0.25) is 5.02 Å². The van der Waals surface area contributed by atoms with E-state index in [1.165, 1.54) is 26.6 Å². The number of ether oxygens (including phenoxy) is 3. The quantitative estimate of drug-likeness (QED) is 0.170. The minimum absolute atomic E-state index is 0.0513. The molecule has 8 nitrogen and oxygen atoms in total. The van der Waals surface area contributed by atoms with E-state index in [4.69, 9.17) is 25.8 Å². The summed E-state index contributed by atoms with van der Waals surface area (Å²) in [4.78, 5) is 33.0. The Morgan fingerprint density at radius 2 is 1.66 bits per heavy atom. The van der Waals surface area contributed by atoms with Gasteiger partial charge in [0.25, 0.3) is 11.7 Å². The molecular formula is C25H16ClF4N3O5. The Morgan fingerprint density at radius 3 is 2.32 bits per heavy atom. The van der Waals surface area contributed by atoms with Gasteiger partial charge in [0.1, 0.15) is 17.9 Å². The van der Waals surface area contributed by atoms with Crippen LogP contribution in [0.15, 0.2) is 54.9 Å². The van der Waals surface area contributed by atoms with Gasteiger partial charge in [-0.05, 0) is 36.4 Å². The van der Waals surface area contributed by atoms with Crippen molar-refractivity contribution in [3.05, 3.63) is 76.8 Å². The smallest absolute Gasteiger partial charge is 0.417 e. The fourth-order valence-electron chi connectivity index (χ4n) is 3.43. The van der Waals surface area contributed by atoms with Gasteiger partial charge < -0.3 is 19.5 Å². The molecule has 13 heteroatoms. The zero-order chi connectivity index (χ0) is 27.6. The first-order valence-corrected chi connectivity index (χ1v) is 11.0. The molecule has 0 aliphatic rings. The summed E-state index contributed by atoms with van der Waals surface area (Å²) in [6, 6.07) is 8.82. The molecular weight excluding hydrogens is 534 g/mol. The summed E-state index contributed by atoms with van der Waals surface area (Å²) in [7, 11) is 2.90. The SMILES string of the molecule is COc1cc2ncnc(Oc3ccc(C(=O)C(=O)Nc4ccc(Cl)c(C(F)(F)F)c4)c(F)c3)c2cc1OC. The molecule has 0 saturated heterocycles. The lowest BCUT2D eigenvalue weighted by Crippen LogP contribution is -2.24. The minimum atomic E-state index is -4.78. The Bertz CT molecular complexity index is 1560. The van der Waals surface area contributed by atoms with Gasteiger partial charge in [-0.15, -0.1) is 0 Å². The first kappa shape index (κ1) is 26.6. The van der Waals surface area contributed by atoms with E-state index in [0.29, 0.717) is 28.5 Å². The zero-order valence-electron chi connectivity index (χ0n) is 19.5. The Kier molecular flexibility index (Phi) is 7.35. The van der Waals surface area contributed by atoms with Gasteiger partial charge in [-0.1, -0.05) is 11.6 Å². The molecule has 196 valence electrons. The number of nitrogens with zero attached hydrogens (tertiary/aromatic N) is 2. The molecule has 3 aromatic carbocycles. The van der Waals surface area contributed by atoms with Gasteiger partial charge in [0.2, 0.25) is 5.88 Å². The molecule has 1 N–H and O–H groups in total. The second kappa shape index (κ2) is 10.5. The lowest BCUT2D eigenvalue weighted by molar-refractivity contribution is -0.137. The van der Waals surface area contributed by atoms with E-state index in [-0.39, 0.29) is 17.3 Å². The van der Waals surface area contributed by atoms with Crippen LogP contribution in [0.4, 0.5) is 23.2 Å². The van der Waals surface area contributed by atoms with Gasteiger partial charge in [-0.3, -0.25) is 9.59 Å². The van der Waals surface area contributed by atoms with Crippen molar-refractivity contribution in [2.45, 2.75) is 6.18 Å². The highest BCUT2D eigenvalue weighted by Crippen LogP contribution is 2.37. The van der Waals surface area contributed by atoms with Crippen molar-refractivity contribution < 1.29 is 41.4 Å². The standard InChI is InChI=1S/C25H16ClF4N3O5/c1-36-20-9-15-19(10-21(20)37-2)31-11-32-24(15)38-13-4-5-14(18(27)8-13)22(34)23(35)33-12-3-6-17(26)16(7-12)25(28,29)30/h3-11H,1-2H3,(H,33,35). The lowest BCUT2D eigenvalue weighted by Gasteiger charge is -2.12. The van der Waals surface area contributed by atoms with Gasteiger partial charge >= 0.3 is 6.18 Å². The minimum Gasteiger partial charge on any atom is -0.493 e. The number of rotatable bonds is 7. The van der Waals surface area contributed by atoms with Crippen LogP contribution in [0, 0.1) is 5.82 Å². The maximum atomic E-state index is 14.8. The van der Waals surface area contributed by atoms with Crippen LogP contribution >= 0.6 is 11.6 Å². The van der Waals surface area contributed by atoms with Crippen molar-refractivity contribution in [3.63, 3.8) is 0 Å². The van der Waals surface area contributed by atoms with Crippen molar-refractivity contribution >= 4 is 39.9 Å². The Morgan fingerprint density at radius 1 is 0.947 bits per heavy atom. The number of anilines is 1. The molecule has 0 atom stereocenters. The van der Waals surface area contributed by atoms with E-state index in [0.717, 1.165) is 24.3 Å². The lowest BCUT2D eigenvalue weighted by atomic mass is 10.1. The van der Waals surface area contributed by atoms with Gasteiger partial charge in [0.05, 0.1) is 41.3 Å². The Labute approximate surface area is 217 Å². The average molecular weight is 550 g/mol. The maximum absolute atomic E-state index is 14.8. The number of fused-ring (bicyclic) bond motifs is 1.